The molecule has 0 aliphatic heterocycles. The fourth-order valence-electron chi connectivity index (χ4n) is 10.0. The Morgan fingerprint density at radius 3 is 1.46 bits per heavy atom. The van der Waals surface area contributed by atoms with Gasteiger partial charge in [0.05, 0.1) is 5.41 Å². The van der Waals surface area contributed by atoms with Gasteiger partial charge in [0, 0.05) is 49.4 Å². The molecule has 0 amide bonds. The summed E-state index contributed by atoms with van der Waals surface area (Å²) >= 11 is 0. The number of nitrogens with zero attached hydrogens (tertiary/aromatic N) is 3. The lowest BCUT2D eigenvalue weighted by Crippen LogP contribution is -2.28. The molecule has 0 N–H and O–H groups in total. The number of aromatic nitrogens is 3. The van der Waals surface area contributed by atoms with E-state index in [2.05, 4.69) is 164 Å². The molecule has 5 heteroatoms. The number of hydrogen-bond donors (Lipinski definition) is 0. The molecular formula is C58H35N3O2. The van der Waals surface area contributed by atoms with E-state index >= 15 is 0 Å². The van der Waals surface area contributed by atoms with Crippen molar-refractivity contribution >= 4 is 43.9 Å². The predicted octanol–water partition coefficient (Wildman–Crippen LogP) is 14.7. The van der Waals surface area contributed by atoms with Gasteiger partial charge in [0.1, 0.15) is 22.3 Å². The van der Waals surface area contributed by atoms with Gasteiger partial charge in [0.15, 0.2) is 17.5 Å². The van der Waals surface area contributed by atoms with Crippen LogP contribution < -0.4 is 0 Å². The zero-order valence-electron chi connectivity index (χ0n) is 33.9. The van der Waals surface area contributed by atoms with Gasteiger partial charge < -0.3 is 8.83 Å². The number of fused-ring (bicyclic) bond motifs is 9. The molecule has 0 spiro atoms. The molecule has 5 nitrogen and oxygen atoms in total. The predicted molar refractivity (Wildman–Crippen MR) is 253 cm³/mol. The second-order valence-electron chi connectivity index (χ2n) is 16.2. The second-order valence-corrected chi connectivity index (χ2v) is 16.2. The minimum Gasteiger partial charge on any atom is -0.455 e. The van der Waals surface area contributed by atoms with Gasteiger partial charge in [0.25, 0.3) is 0 Å². The number of benzene rings is 9. The van der Waals surface area contributed by atoms with Crippen LogP contribution >= 0.6 is 0 Å². The van der Waals surface area contributed by atoms with E-state index in [0.717, 1.165) is 71.7 Å². The molecule has 0 unspecified atom stereocenters. The first-order valence-corrected chi connectivity index (χ1v) is 21.3. The smallest absolute Gasteiger partial charge is 0.164 e. The van der Waals surface area contributed by atoms with Crippen molar-refractivity contribution in [2.75, 3.05) is 0 Å². The minimum absolute atomic E-state index is 0.552. The third-order valence-electron chi connectivity index (χ3n) is 12.8. The summed E-state index contributed by atoms with van der Waals surface area (Å²) in [5.41, 5.74) is 14.6. The third kappa shape index (κ3) is 5.33. The lowest BCUT2D eigenvalue weighted by atomic mass is 9.67. The summed E-state index contributed by atoms with van der Waals surface area (Å²) in [5, 5.41) is 4.22. The van der Waals surface area contributed by atoms with Crippen LogP contribution in [-0.2, 0) is 5.41 Å². The number of hydrogen-bond acceptors (Lipinski definition) is 5. The maximum Gasteiger partial charge on any atom is 0.164 e. The SMILES string of the molecule is c1ccc(-c2nc(-c3ccc4c(c3)C(c3ccccc3)(c3ccccc3)c3ccccc3-4)nc(-c3ccc4c(c3)oc3c(-c5cccc6c5oc5ccccc56)cccc34)n2)cc1. The molecule has 9 aromatic carbocycles. The molecule has 12 aromatic rings. The van der Waals surface area contributed by atoms with Crippen LogP contribution in [0.15, 0.2) is 221 Å². The van der Waals surface area contributed by atoms with Crippen molar-refractivity contribution in [1.82, 2.24) is 15.0 Å². The van der Waals surface area contributed by atoms with E-state index < -0.39 is 5.41 Å². The Kier molecular flexibility index (Phi) is 7.75. The quantitative estimate of drug-likeness (QED) is 0.167. The van der Waals surface area contributed by atoms with E-state index in [1.165, 1.54) is 33.4 Å². The van der Waals surface area contributed by atoms with Crippen molar-refractivity contribution in [3.63, 3.8) is 0 Å². The minimum atomic E-state index is -0.552. The molecule has 13 rings (SSSR count). The van der Waals surface area contributed by atoms with Crippen LogP contribution in [0.4, 0.5) is 0 Å². The summed E-state index contributed by atoms with van der Waals surface area (Å²) in [7, 11) is 0. The first kappa shape index (κ1) is 35.4. The summed E-state index contributed by atoms with van der Waals surface area (Å²) in [4.78, 5) is 15.6. The first-order chi connectivity index (χ1) is 31.2. The van der Waals surface area contributed by atoms with Crippen molar-refractivity contribution in [1.29, 1.82) is 0 Å². The zero-order chi connectivity index (χ0) is 41.5. The summed E-state index contributed by atoms with van der Waals surface area (Å²) in [6.45, 7) is 0. The van der Waals surface area contributed by atoms with Crippen molar-refractivity contribution in [3.05, 3.63) is 235 Å². The van der Waals surface area contributed by atoms with Crippen LogP contribution in [0.1, 0.15) is 22.3 Å². The van der Waals surface area contributed by atoms with Crippen molar-refractivity contribution in [3.8, 4) is 56.4 Å². The van der Waals surface area contributed by atoms with Gasteiger partial charge in [-0.05, 0) is 57.6 Å². The highest BCUT2D eigenvalue weighted by Crippen LogP contribution is 2.56. The number of rotatable bonds is 6. The van der Waals surface area contributed by atoms with E-state index in [9.17, 15) is 0 Å². The van der Waals surface area contributed by atoms with Crippen molar-refractivity contribution in [2.45, 2.75) is 5.41 Å². The Balaban J connectivity index is 0.990. The zero-order valence-corrected chi connectivity index (χ0v) is 33.9. The largest absolute Gasteiger partial charge is 0.455 e. The van der Waals surface area contributed by atoms with Crippen LogP contribution in [0.5, 0.6) is 0 Å². The van der Waals surface area contributed by atoms with E-state index in [1.54, 1.807) is 0 Å². The number of furan rings is 2. The molecule has 1 aliphatic carbocycles. The molecule has 63 heavy (non-hydrogen) atoms. The Labute approximate surface area is 362 Å². The standard InChI is InChI=1S/C58H35N3O2/c1-4-16-36(17-5-1)55-59-56(37-30-32-42-41-22-10-12-28-49(41)58(50(42)34-37,39-18-6-2-7-19-39)40-20-8-3-9-21-40)61-57(60-55)38-31-33-44-46-25-15-27-48(54(46)63-52(44)35-38)47-26-14-24-45-43-23-11-13-29-51(43)62-53(45)47/h1-35H. The summed E-state index contributed by atoms with van der Waals surface area (Å²) in [5.74, 6) is 1.76. The molecule has 1 aliphatic rings. The summed E-state index contributed by atoms with van der Waals surface area (Å²) in [6, 6.07) is 74.4. The summed E-state index contributed by atoms with van der Waals surface area (Å²) in [6.07, 6.45) is 0. The van der Waals surface area contributed by atoms with Gasteiger partial charge >= 0.3 is 0 Å². The molecule has 0 saturated carbocycles. The van der Waals surface area contributed by atoms with E-state index in [4.69, 9.17) is 23.8 Å². The fourth-order valence-corrected chi connectivity index (χ4v) is 10.0. The topological polar surface area (TPSA) is 65.0 Å². The Morgan fingerprint density at radius 2 is 0.778 bits per heavy atom. The van der Waals surface area contributed by atoms with Gasteiger partial charge in [0.2, 0.25) is 0 Å². The van der Waals surface area contributed by atoms with Gasteiger partial charge in [-0.3, -0.25) is 0 Å². The summed E-state index contributed by atoms with van der Waals surface area (Å²) < 4.78 is 13.3. The van der Waals surface area contributed by atoms with Gasteiger partial charge in [-0.15, -0.1) is 0 Å². The van der Waals surface area contributed by atoms with Crippen LogP contribution in [0.3, 0.4) is 0 Å². The van der Waals surface area contributed by atoms with E-state index in [0.29, 0.717) is 17.5 Å². The van der Waals surface area contributed by atoms with Crippen LogP contribution in [0, 0.1) is 0 Å². The Bertz CT molecular complexity index is 3700. The molecule has 0 atom stereocenters. The lowest BCUT2D eigenvalue weighted by Gasteiger charge is -2.34. The maximum atomic E-state index is 6.83. The molecule has 0 saturated heterocycles. The highest BCUT2D eigenvalue weighted by Gasteiger charge is 2.46. The molecule has 3 aromatic heterocycles. The fraction of sp³-hybridized carbons (Fsp3) is 0.0172. The highest BCUT2D eigenvalue weighted by atomic mass is 16.3. The Morgan fingerprint density at radius 1 is 0.302 bits per heavy atom. The van der Waals surface area contributed by atoms with Gasteiger partial charge in [-0.2, -0.15) is 0 Å². The van der Waals surface area contributed by atoms with Crippen LogP contribution in [0.25, 0.3) is 100 Å². The first-order valence-electron chi connectivity index (χ1n) is 21.3. The van der Waals surface area contributed by atoms with Gasteiger partial charge in [-0.25, -0.2) is 15.0 Å². The van der Waals surface area contributed by atoms with E-state index in [-0.39, 0.29) is 0 Å². The van der Waals surface area contributed by atoms with Crippen LogP contribution in [-0.4, -0.2) is 15.0 Å². The number of para-hydroxylation sites is 3. The highest BCUT2D eigenvalue weighted by molar-refractivity contribution is 6.15. The monoisotopic (exact) mass is 805 g/mol. The van der Waals surface area contributed by atoms with Crippen LogP contribution in [0.2, 0.25) is 0 Å². The second kappa shape index (κ2) is 13.8. The van der Waals surface area contributed by atoms with Crippen molar-refractivity contribution < 1.29 is 8.83 Å². The maximum absolute atomic E-state index is 6.83. The lowest BCUT2D eigenvalue weighted by molar-refractivity contribution is 0.665. The molecule has 3 heterocycles. The van der Waals surface area contributed by atoms with E-state index in [1.807, 2.05) is 48.5 Å². The average molecular weight is 806 g/mol. The van der Waals surface area contributed by atoms with Gasteiger partial charge in [-0.1, -0.05) is 188 Å². The molecular weight excluding hydrogens is 771 g/mol. The molecule has 0 fully saturated rings. The molecule has 0 radical (unpaired) electrons. The third-order valence-corrected chi connectivity index (χ3v) is 12.8. The average Bonchev–Trinajstić information content (AvgIpc) is 4.03. The molecule has 0 bridgehead atoms. The Hall–Kier alpha value is -8.41. The normalized spacial score (nSPS) is 12.9. The molecule has 294 valence electrons. The van der Waals surface area contributed by atoms with Crippen molar-refractivity contribution in [2.24, 2.45) is 0 Å².